The first-order chi connectivity index (χ1) is 26.3. The molecule has 2 saturated heterocycles. The van der Waals surface area contributed by atoms with Gasteiger partial charge in [-0.3, -0.25) is 19.2 Å². The van der Waals surface area contributed by atoms with Crippen LogP contribution in [0.4, 0.5) is 11.4 Å². The fourth-order valence-corrected chi connectivity index (χ4v) is 8.54. The first-order valence-corrected chi connectivity index (χ1v) is 19.0. The molecule has 4 aliphatic heterocycles. The number of fused-ring (bicyclic) bond motifs is 2. The van der Waals surface area contributed by atoms with Crippen molar-refractivity contribution in [2.45, 2.75) is 63.0 Å². The fraction of sp³-hybridized carbons (Fsp3) is 0.395. The first kappa shape index (κ1) is 37.1. The van der Waals surface area contributed by atoms with Crippen LogP contribution in [0.1, 0.15) is 43.9 Å². The van der Waals surface area contributed by atoms with Crippen molar-refractivity contribution in [1.29, 1.82) is 0 Å². The maximum absolute atomic E-state index is 15.2. The number of cyclic esters (lactones) is 1. The van der Waals surface area contributed by atoms with Gasteiger partial charge in [-0.15, -0.1) is 0 Å². The van der Waals surface area contributed by atoms with Crippen molar-refractivity contribution < 1.29 is 33.8 Å². The number of anilines is 2. The van der Waals surface area contributed by atoms with Gasteiger partial charge in [-0.05, 0) is 62.1 Å². The molecule has 2 fully saturated rings. The number of aliphatic hydroxyl groups excluding tert-OH is 1. The summed E-state index contributed by atoms with van der Waals surface area (Å²) in [6.07, 6.45) is 6.27. The summed E-state index contributed by atoms with van der Waals surface area (Å²) in [4.78, 5) is 62.9. The molecule has 1 spiro atoms. The summed E-state index contributed by atoms with van der Waals surface area (Å²) in [5.74, 6) is -3.92. The molecule has 3 aromatic rings. The second-order valence-corrected chi connectivity index (χ2v) is 14.3. The van der Waals surface area contributed by atoms with E-state index in [0.29, 0.717) is 17.7 Å². The number of nitrogens with one attached hydrogen (secondary N) is 1. The summed E-state index contributed by atoms with van der Waals surface area (Å²) in [6.45, 7) is 5.71. The molecule has 11 heteroatoms. The molecule has 0 saturated carbocycles. The first-order valence-electron chi connectivity index (χ1n) is 19.0. The SMILES string of the molecule is CCN(CC)c1ccc(N2CC=C[C@]34O[C@@H]5/C=C\CCC(=O)NC[C@@H](c6ccccc6)OC(=O)[C@@H]5[C@H]3C(=O)N([C@@H](CO)Cc3ccccc3)[C@@H]4C2=O)cc1. The minimum absolute atomic E-state index is 0.0547. The summed E-state index contributed by atoms with van der Waals surface area (Å²) >= 11 is 0. The molecule has 4 heterocycles. The molecule has 2 N–H and O–H groups in total. The van der Waals surface area contributed by atoms with Gasteiger partial charge in [0.05, 0.1) is 31.2 Å². The van der Waals surface area contributed by atoms with Crippen LogP contribution in [0.15, 0.2) is 109 Å². The second kappa shape index (κ2) is 16.0. The number of rotatable bonds is 9. The summed E-state index contributed by atoms with van der Waals surface area (Å²) in [5.41, 5.74) is 1.71. The average molecular weight is 733 g/mol. The number of benzene rings is 3. The Kier molecular flexibility index (Phi) is 11.0. The quantitative estimate of drug-likeness (QED) is 0.245. The monoisotopic (exact) mass is 732 g/mol. The average Bonchev–Trinajstić information content (AvgIpc) is 3.59. The zero-order valence-corrected chi connectivity index (χ0v) is 30.8. The Morgan fingerprint density at radius 2 is 1.61 bits per heavy atom. The van der Waals surface area contributed by atoms with Crippen LogP contribution in [0, 0.1) is 11.8 Å². The van der Waals surface area contributed by atoms with Crippen molar-refractivity contribution in [2.75, 3.05) is 42.6 Å². The number of hydrogen-bond acceptors (Lipinski definition) is 8. The van der Waals surface area contributed by atoms with Gasteiger partial charge >= 0.3 is 5.97 Å². The third-order valence-corrected chi connectivity index (χ3v) is 11.2. The number of esters is 1. The molecule has 7 rings (SSSR count). The van der Waals surface area contributed by atoms with Gasteiger partial charge in [0, 0.05) is 37.4 Å². The third kappa shape index (κ3) is 6.94. The van der Waals surface area contributed by atoms with E-state index in [1.165, 1.54) is 4.90 Å². The maximum Gasteiger partial charge on any atom is 0.313 e. The van der Waals surface area contributed by atoms with Crippen LogP contribution in [0.25, 0.3) is 0 Å². The van der Waals surface area contributed by atoms with E-state index in [0.717, 1.165) is 24.3 Å². The van der Waals surface area contributed by atoms with Gasteiger partial charge < -0.3 is 34.6 Å². The molecule has 0 radical (unpaired) electrons. The molecule has 3 aromatic carbocycles. The molecular weight excluding hydrogens is 684 g/mol. The zero-order valence-electron chi connectivity index (χ0n) is 30.8. The highest BCUT2D eigenvalue weighted by atomic mass is 16.6. The van der Waals surface area contributed by atoms with Crippen molar-refractivity contribution >= 4 is 35.1 Å². The Balaban J connectivity index is 1.32. The van der Waals surface area contributed by atoms with Crippen LogP contribution in [0.3, 0.4) is 0 Å². The number of carbonyl (C=O) groups is 4. The number of allylic oxidation sites excluding steroid dienone is 1. The topological polar surface area (TPSA) is 129 Å². The molecule has 7 atom stereocenters. The molecule has 11 nitrogen and oxygen atoms in total. The summed E-state index contributed by atoms with van der Waals surface area (Å²) in [6, 6.07) is 24.5. The predicted molar refractivity (Wildman–Crippen MR) is 204 cm³/mol. The van der Waals surface area contributed by atoms with Crippen LogP contribution in [0.2, 0.25) is 0 Å². The van der Waals surface area contributed by atoms with Crippen LogP contribution < -0.4 is 15.1 Å². The Labute approximate surface area is 316 Å². The van der Waals surface area contributed by atoms with E-state index in [4.69, 9.17) is 9.47 Å². The lowest BCUT2D eigenvalue weighted by molar-refractivity contribution is -0.160. The van der Waals surface area contributed by atoms with Crippen molar-refractivity contribution in [1.82, 2.24) is 10.2 Å². The highest BCUT2D eigenvalue weighted by Crippen LogP contribution is 2.54. The second-order valence-electron chi connectivity index (χ2n) is 14.3. The van der Waals surface area contributed by atoms with Gasteiger partial charge in [0.2, 0.25) is 11.8 Å². The van der Waals surface area contributed by atoms with Gasteiger partial charge in [0.1, 0.15) is 23.7 Å². The minimum Gasteiger partial charge on any atom is -0.455 e. The molecule has 0 bridgehead atoms. The van der Waals surface area contributed by atoms with E-state index in [1.807, 2.05) is 91.0 Å². The third-order valence-electron chi connectivity index (χ3n) is 11.2. The number of nitrogens with zero attached hydrogens (tertiary/aromatic N) is 3. The Bertz CT molecular complexity index is 1880. The van der Waals surface area contributed by atoms with Gasteiger partial charge in [0.25, 0.3) is 5.91 Å². The fourth-order valence-electron chi connectivity index (χ4n) is 8.54. The molecule has 3 amide bonds. The van der Waals surface area contributed by atoms with Gasteiger partial charge in [-0.2, -0.15) is 0 Å². The minimum atomic E-state index is -1.55. The van der Waals surface area contributed by atoms with Gasteiger partial charge in [-0.1, -0.05) is 85.0 Å². The summed E-state index contributed by atoms with van der Waals surface area (Å²) in [7, 11) is 0. The lowest BCUT2D eigenvalue weighted by Crippen LogP contribution is -2.58. The van der Waals surface area contributed by atoms with Crippen LogP contribution in [-0.2, 0) is 35.1 Å². The van der Waals surface area contributed by atoms with Crippen molar-refractivity contribution in [3.8, 4) is 0 Å². The number of hydrogen-bond donors (Lipinski definition) is 2. The Morgan fingerprint density at radius 3 is 2.30 bits per heavy atom. The summed E-state index contributed by atoms with van der Waals surface area (Å²) in [5, 5.41) is 13.8. The van der Waals surface area contributed by atoms with Crippen molar-refractivity contribution in [3.05, 3.63) is 120 Å². The normalized spacial score (nSPS) is 28.1. The number of likely N-dealkylation sites (tertiary alicyclic amines) is 1. The van der Waals surface area contributed by atoms with E-state index >= 15 is 9.59 Å². The molecule has 4 aliphatic rings. The van der Waals surface area contributed by atoms with Gasteiger partial charge in [0.15, 0.2) is 0 Å². The van der Waals surface area contributed by atoms with Crippen LogP contribution >= 0.6 is 0 Å². The Morgan fingerprint density at radius 1 is 0.907 bits per heavy atom. The Hall–Kier alpha value is -5.26. The van der Waals surface area contributed by atoms with E-state index in [-0.39, 0.29) is 37.7 Å². The molecule has 54 heavy (non-hydrogen) atoms. The zero-order chi connectivity index (χ0) is 37.8. The van der Waals surface area contributed by atoms with Crippen LogP contribution in [0.5, 0.6) is 0 Å². The summed E-state index contributed by atoms with van der Waals surface area (Å²) < 4.78 is 13.1. The standard InChI is InChI=1S/C43H48N4O7/c1-3-45(4-2)31-20-22-32(23-21-31)46-25-13-24-43-38(40(50)47(39(43)41(46)51)33(28-48)26-29-14-7-5-8-15-29)37-34(54-43)18-11-12-19-36(49)44-27-35(53-42(37)52)30-16-9-6-10-17-30/h5-11,13-18,20-24,33-35,37-39,48H,3-4,12,19,25-28H2,1-2H3,(H,44,49)/b18-11-/t33-,34-,35+,37+,38+,39-,43+/m1/s1. The highest BCUT2D eigenvalue weighted by molar-refractivity contribution is 6.05. The lowest BCUT2D eigenvalue weighted by atomic mass is 9.77. The highest BCUT2D eigenvalue weighted by Gasteiger charge is 2.72. The van der Waals surface area contributed by atoms with Crippen LogP contribution in [-0.4, -0.2) is 90.3 Å². The molecule has 0 aromatic heterocycles. The number of aliphatic hydroxyl groups is 1. The number of amides is 3. The van der Waals surface area contributed by atoms with E-state index in [2.05, 4.69) is 24.1 Å². The van der Waals surface area contributed by atoms with Gasteiger partial charge in [-0.25, -0.2) is 0 Å². The lowest BCUT2D eigenvalue weighted by Gasteiger charge is -2.38. The largest absolute Gasteiger partial charge is 0.455 e. The maximum atomic E-state index is 15.2. The predicted octanol–water partition coefficient (Wildman–Crippen LogP) is 4.37. The number of carbonyl (C=O) groups excluding carboxylic acids is 4. The molecule has 282 valence electrons. The number of ether oxygens (including phenoxy) is 2. The molecule has 0 aliphatic carbocycles. The van der Waals surface area contributed by atoms with E-state index < -0.39 is 60.2 Å². The smallest absolute Gasteiger partial charge is 0.313 e. The van der Waals surface area contributed by atoms with E-state index in [9.17, 15) is 14.7 Å². The molecular formula is C43H48N4O7. The van der Waals surface area contributed by atoms with Crippen molar-refractivity contribution in [3.63, 3.8) is 0 Å². The molecule has 0 unspecified atom stereocenters. The van der Waals surface area contributed by atoms with E-state index in [1.54, 1.807) is 23.1 Å². The van der Waals surface area contributed by atoms with Crippen molar-refractivity contribution in [2.24, 2.45) is 11.8 Å².